The fraction of sp³-hybridized carbons (Fsp3) is 0.111. The molecule has 5 heteroatoms. The lowest BCUT2D eigenvalue weighted by Crippen LogP contribution is -2.10. The molecule has 0 saturated carbocycles. The summed E-state index contributed by atoms with van der Waals surface area (Å²) < 4.78 is 10.9. The van der Waals surface area contributed by atoms with E-state index in [1.54, 1.807) is 31.2 Å². The van der Waals surface area contributed by atoms with Crippen molar-refractivity contribution >= 4 is 11.0 Å². The average Bonchev–Trinajstić information content (AvgIpc) is 2.56. The third kappa shape index (κ3) is 2.87. The number of ether oxygens (including phenoxy) is 1. The van der Waals surface area contributed by atoms with Gasteiger partial charge in [0.2, 0.25) is 5.75 Å². The second kappa shape index (κ2) is 5.85. The van der Waals surface area contributed by atoms with Crippen LogP contribution in [-0.4, -0.2) is 5.11 Å². The molecular weight excluding hydrogens is 294 g/mol. The molecule has 114 valence electrons. The third-order valence-electron chi connectivity index (χ3n) is 3.52. The molecule has 1 N–H and O–H groups in total. The highest BCUT2D eigenvalue weighted by molar-refractivity contribution is 5.77. The first-order valence-corrected chi connectivity index (χ1v) is 7.01. The molecule has 3 rings (SSSR count). The van der Waals surface area contributed by atoms with Crippen molar-refractivity contribution in [3.05, 3.63) is 70.1 Å². The van der Waals surface area contributed by atoms with E-state index in [1.807, 2.05) is 18.2 Å². The summed E-state index contributed by atoms with van der Waals surface area (Å²) in [5.41, 5.74) is 0.763. The number of hydrogen-bond acceptors (Lipinski definition) is 5. The van der Waals surface area contributed by atoms with Crippen LogP contribution in [0, 0.1) is 11.3 Å². The molecule has 23 heavy (non-hydrogen) atoms. The number of hydrogen-bond donors (Lipinski definition) is 1. The van der Waals surface area contributed by atoms with Gasteiger partial charge in [0.25, 0.3) is 0 Å². The van der Waals surface area contributed by atoms with Gasteiger partial charge in [0.15, 0.2) is 0 Å². The Morgan fingerprint density at radius 3 is 2.78 bits per heavy atom. The first-order chi connectivity index (χ1) is 11.1. The number of para-hydroxylation sites is 1. The molecule has 0 aliphatic rings. The second-order valence-electron chi connectivity index (χ2n) is 5.08. The molecule has 0 aliphatic heterocycles. The Bertz CT molecular complexity index is 969. The van der Waals surface area contributed by atoms with Gasteiger partial charge in [0.05, 0.1) is 5.56 Å². The van der Waals surface area contributed by atoms with Crippen LogP contribution in [0.15, 0.2) is 57.7 Å². The van der Waals surface area contributed by atoms with Gasteiger partial charge in [-0.3, -0.25) is 0 Å². The number of benzene rings is 2. The van der Waals surface area contributed by atoms with E-state index in [-0.39, 0.29) is 17.1 Å². The lowest BCUT2D eigenvalue weighted by Gasteiger charge is -2.15. The van der Waals surface area contributed by atoms with Gasteiger partial charge in [-0.1, -0.05) is 24.3 Å². The van der Waals surface area contributed by atoms with Gasteiger partial charge in [-0.05, 0) is 36.8 Å². The van der Waals surface area contributed by atoms with Crippen molar-refractivity contribution in [1.29, 1.82) is 5.26 Å². The maximum Gasteiger partial charge on any atom is 0.379 e. The maximum atomic E-state index is 12.0. The maximum absolute atomic E-state index is 12.0. The van der Waals surface area contributed by atoms with Gasteiger partial charge in [0.1, 0.15) is 23.5 Å². The Morgan fingerprint density at radius 1 is 1.22 bits per heavy atom. The number of nitriles is 1. The standard InChI is InChI=1S/C18H13NO4/c1-11(12-6-7-15(20)14(8-12)10-19)22-17-9-13-4-2-3-5-16(13)23-18(17)21/h2-9,11,20H,1H3. The Kier molecular flexibility index (Phi) is 3.73. The van der Waals surface area contributed by atoms with Crippen LogP contribution in [0.1, 0.15) is 24.2 Å². The van der Waals surface area contributed by atoms with Crippen LogP contribution in [0.2, 0.25) is 0 Å². The van der Waals surface area contributed by atoms with E-state index in [9.17, 15) is 9.90 Å². The monoisotopic (exact) mass is 307 g/mol. The molecule has 0 spiro atoms. The lowest BCUT2D eigenvalue weighted by molar-refractivity contribution is 0.217. The molecule has 1 atom stereocenters. The van der Waals surface area contributed by atoms with Crippen molar-refractivity contribution in [2.75, 3.05) is 0 Å². The molecular formula is C18H13NO4. The van der Waals surface area contributed by atoms with Gasteiger partial charge in [-0.25, -0.2) is 4.79 Å². The van der Waals surface area contributed by atoms with E-state index in [4.69, 9.17) is 14.4 Å². The number of nitrogens with zero attached hydrogens (tertiary/aromatic N) is 1. The van der Waals surface area contributed by atoms with E-state index in [1.165, 1.54) is 12.1 Å². The van der Waals surface area contributed by atoms with E-state index >= 15 is 0 Å². The van der Waals surface area contributed by atoms with Gasteiger partial charge in [-0.2, -0.15) is 5.26 Å². The molecule has 0 bridgehead atoms. The second-order valence-corrected chi connectivity index (χ2v) is 5.08. The molecule has 0 saturated heterocycles. The van der Waals surface area contributed by atoms with E-state index in [0.29, 0.717) is 11.1 Å². The molecule has 1 heterocycles. The molecule has 0 amide bonds. The zero-order valence-electron chi connectivity index (χ0n) is 12.3. The summed E-state index contributed by atoms with van der Waals surface area (Å²) in [5.74, 6) is 0.0106. The number of rotatable bonds is 3. The Balaban J connectivity index is 1.94. The predicted octanol–water partition coefficient (Wildman–Crippen LogP) is 3.51. The van der Waals surface area contributed by atoms with E-state index in [2.05, 4.69) is 0 Å². The first kappa shape index (κ1) is 14.7. The number of phenols is 1. The van der Waals surface area contributed by atoms with Crippen molar-refractivity contribution in [2.24, 2.45) is 0 Å². The van der Waals surface area contributed by atoms with Gasteiger partial charge in [-0.15, -0.1) is 0 Å². The van der Waals surface area contributed by atoms with Crippen molar-refractivity contribution < 1.29 is 14.3 Å². The largest absolute Gasteiger partial charge is 0.507 e. The zero-order valence-corrected chi connectivity index (χ0v) is 12.3. The highest BCUT2D eigenvalue weighted by Crippen LogP contribution is 2.25. The van der Waals surface area contributed by atoms with Gasteiger partial charge in [0, 0.05) is 5.39 Å². The molecule has 1 unspecified atom stereocenters. The number of fused-ring (bicyclic) bond motifs is 1. The molecule has 2 aromatic carbocycles. The van der Waals surface area contributed by atoms with E-state index < -0.39 is 11.7 Å². The minimum atomic E-state index is -0.560. The average molecular weight is 307 g/mol. The highest BCUT2D eigenvalue weighted by Gasteiger charge is 2.14. The Labute approximate surface area is 132 Å². The molecule has 0 fully saturated rings. The zero-order chi connectivity index (χ0) is 16.4. The van der Waals surface area contributed by atoms with Crippen LogP contribution in [0.25, 0.3) is 11.0 Å². The molecule has 0 radical (unpaired) electrons. The topological polar surface area (TPSA) is 83.5 Å². The summed E-state index contributed by atoms with van der Waals surface area (Å²) in [5, 5.41) is 19.3. The van der Waals surface area contributed by atoms with Crippen LogP contribution >= 0.6 is 0 Å². The first-order valence-electron chi connectivity index (χ1n) is 7.01. The molecule has 0 aliphatic carbocycles. The van der Waals surface area contributed by atoms with Crippen molar-refractivity contribution in [3.63, 3.8) is 0 Å². The van der Waals surface area contributed by atoms with Crippen LogP contribution in [0.4, 0.5) is 0 Å². The minimum absolute atomic E-state index is 0.0892. The normalized spacial score (nSPS) is 11.8. The summed E-state index contributed by atoms with van der Waals surface area (Å²) in [4.78, 5) is 12.0. The fourth-order valence-corrected chi connectivity index (χ4v) is 2.28. The van der Waals surface area contributed by atoms with Crippen molar-refractivity contribution in [2.45, 2.75) is 13.0 Å². The smallest absolute Gasteiger partial charge is 0.379 e. The Hall–Kier alpha value is -3.26. The van der Waals surface area contributed by atoms with Crippen LogP contribution in [0.3, 0.4) is 0 Å². The quantitative estimate of drug-likeness (QED) is 0.749. The SMILES string of the molecule is CC(Oc1cc2ccccc2oc1=O)c1ccc(O)c(C#N)c1. The predicted molar refractivity (Wildman–Crippen MR) is 84.3 cm³/mol. The van der Waals surface area contributed by atoms with E-state index in [0.717, 1.165) is 5.39 Å². The highest BCUT2D eigenvalue weighted by atomic mass is 16.5. The van der Waals surface area contributed by atoms with Crippen LogP contribution in [0.5, 0.6) is 11.5 Å². The van der Waals surface area contributed by atoms with Crippen molar-refractivity contribution in [1.82, 2.24) is 0 Å². The van der Waals surface area contributed by atoms with Crippen LogP contribution < -0.4 is 10.4 Å². The summed E-state index contributed by atoms with van der Waals surface area (Å²) in [6, 6.07) is 15.3. The summed E-state index contributed by atoms with van der Waals surface area (Å²) in [6.45, 7) is 1.75. The molecule has 1 aromatic heterocycles. The minimum Gasteiger partial charge on any atom is -0.507 e. The third-order valence-corrected chi connectivity index (χ3v) is 3.52. The van der Waals surface area contributed by atoms with Crippen molar-refractivity contribution in [3.8, 4) is 17.6 Å². The number of aromatic hydroxyl groups is 1. The molecule has 3 aromatic rings. The molecule has 5 nitrogen and oxygen atoms in total. The summed E-state index contributed by atoms with van der Waals surface area (Å²) in [7, 11) is 0. The number of phenolic OH excluding ortho intramolecular Hbond substituents is 1. The lowest BCUT2D eigenvalue weighted by atomic mass is 10.1. The Morgan fingerprint density at radius 2 is 2.00 bits per heavy atom. The van der Waals surface area contributed by atoms with Gasteiger partial charge >= 0.3 is 5.63 Å². The summed E-state index contributed by atoms with van der Waals surface area (Å²) in [6.07, 6.45) is -0.480. The fourth-order valence-electron chi connectivity index (χ4n) is 2.28. The summed E-state index contributed by atoms with van der Waals surface area (Å²) >= 11 is 0. The van der Waals surface area contributed by atoms with Crippen LogP contribution in [-0.2, 0) is 0 Å². The van der Waals surface area contributed by atoms with Gasteiger partial charge < -0.3 is 14.3 Å².